The molecule has 154 valence electrons. The summed E-state index contributed by atoms with van der Waals surface area (Å²) in [6, 6.07) is 39.3. The molecule has 5 aromatic rings. The SMILES string of the molecule is C[n+]1c(-c2ccc(-c3ccccc3)cc2)cccc1-c1cccc(Oc2ccccn2)c1. The van der Waals surface area contributed by atoms with Crippen LogP contribution in [0.1, 0.15) is 0 Å². The maximum Gasteiger partial charge on any atom is 0.219 e. The highest BCUT2D eigenvalue weighted by atomic mass is 16.5. The van der Waals surface area contributed by atoms with Gasteiger partial charge in [-0.1, -0.05) is 54.6 Å². The minimum Gasteiger partial charge on any atom is -0.439 e. The molecule has 3 aromatic carbocycles. The van der Waals surface area contributed by atoms with Crippen LogP contribution in [0.2, 0.25) is 0 Å². The van der Waals surface area contributed by atoms with E-state index in [1.165, 1.54) is 16.7 Å². The van der Waals surface area contributed by atoms with Gasteiger partial charge in [-0.25, -0.2) is 4.98 Å². The lowest BCUT2D eigenvalue weighted by Gasteiger charge is -2.09. The van der Waals surface area contributed by atoms with E-state index in [1.54, 1.807) is 6.20 Å². The van der Waals surface area contributed by atoms with Gasteiger partial charge in [-0.3, -0.25) is 0 Å². The molecule has 0 amide bonds. The molecule has 3 heteroatoms. The topological polar surface area (TPSA) is 26.0 Å². The first-order chi connectivity index (χ1) is 15.8. The van der Waals surface area contributed by atoms with Crippen molar-refractivity contribution in [2.75, 3.05) is 0 Å². The number of pyridine rings is 2. The third-order valence-corrected chi connectivity index (χ3v) is 5.51. The van der Waals surface area contributed by atoms with Crippen molar-refractivity contribution in [2.24, 2.45) is 7.05 Å². The summed E-state index contributed by atoms with van der Waals surface area (Å²) in [4.78, 5) is 4.25. The molecule has 0 bridgehead atoms. The van der Waals surface area contributed by atoms with Crippen LogP contribution < -0.4 is 9.30 Å². The zero-order chi connectivity index (χ0) is 21.8. The monoisotopic (exact) mass is 415 g/mol. The average Bonchev–Trinajstić information content (AvgIpc) is 2.86. The van der Waals surface area contributed by atoms with E-state index in [4.69, 9.17) is 4.74 Å². The standard InChI is InChI=1S/C29H23N2O/c1-31-27(24-18-16-23(17-19-24)22-9-3-2-4-10-22)13-8-14-28(31)25-11-7-12-26(21-25)32-29-15-5-6-20-30-29/h2-21H,1H3/q+1. The van der Waals surface area contributed by atoms with Crippen molar-refractivity contribution in [1.82, 2.24) is 4.98 Å². The molecule has 0 aliphatic rings. The molecule has 0 N–H and O–H groups in total. The summed E-state index contributed by atoms with van der Waals surface area (Å²) in [5, 5.41) is 0. The quantitative estimate of drug-likeness (QED) is 0.299. The molecular formula is C29H23N2O+. The van der Waals surface area contributed by atoms with E-state index in [0.717, 1.165) is 22.7 Å². The summed E-state index contributed by atoms with van der Waals surface area (Å²) in [6.07, 6.45) is 1.73. The highest BCUT2D eigenvalue weighted by Gasteiger charge is 2.17. The second-order valence-corrected chi connectivity index (χ2v) is 7.60. The Balaban J connectivity index is 1.46. The fraction of sp³-hybridized carbons (Fsp3) is 0.0345. The van der Waals surface area contributed by atoms with Crippen LogP contribution >= 0.6 is 0 Å². The second kappa shape index (κ2) is 8.86. The van der Waals surface area contributed by atoms with Gasteiger partial charge in [0.05, 0.1) is 0 Å². The number of nitrogens with zero attached hydrogens (tertiary/aromatic N) is 2. The summed E-state index contributed by atoms with van der Waals surface area (Å²) in [6.45, 7) is 0. The van der Waals surface area contributed by atoms with Gasteiger partial charge in [-0.15, -0.1) is 0 Å². The van der Waals surface area contributed by atoms with Gasteiger partial charge in [-0.2, -0.15) is 4.57 Å². The Morgan fingerprint density at radius 3 is 1.94 bits per heavy atom. The van der Waals surface area contributed by atoms with Crippen LogP contribution in [0.4, 0.5) is 0 Å². The number of hydrogen-bond donors (Lipinski definition) is 0. The van der Waals surface area contributed by atoms with E-state index < -0.39 is 0 Å². The summed E-state index contributed by atoms with van der Waals surface area (Å²) >= 11 is 0. The predicted octanol–water partition coefficient (Wildman–Crippen LogP) is 6.70. The van der Waals surface area contributed by atoms with Crippen molar-refractivity contribution < 1.29 is 9.30 Å². The fourth-order valence-electron chi connectivity index (χ4n) is 3.87. The molecule has 0 unspecified atom stereocenters. The lowest BCUT2D eigenvalue weighted by Crippen LogP contribution is -2.33. The maximum absolute atomic E-state index is 5.93. The van der Waals surface area contributed by atoms with Gasteiger partial charge in [0.2, 0.25) is 17.3 Å². The summed E-state index contributed by atoms with van der Waals surface area (Å²) in [7, 11) is 2.10. The zero-order valence-electron chi connectivity index (χ0n) is 17.8. The molecule has 5 rings (SSSR count). The second-order valence-electron chi connectivity index (χ2n) is 7.60. The largest absolute Gasteiger partial charge is 0.439 e. The van der Waals surface area contributed by atoms with E-state index in [9.17, 15) is 0 Å². The Labute approximate surface area is 188 Å². The first-order valence-electron chi connectivity index (χ1n) is 10.6. The highest BCUT2D eigenvalue weighted by molar-refractivity contribution is 5.68. The van der Waals surface area contributed by atoms with Gasteiger partial charge in [0.15, 0.2) is 0 Å². The number of ether oxygens (including phenoxy) is 1. The van der Waals surface area contributed by atoms with E-state index in [2.05, 4.69) is 89.4 Å². The number of hydrogen-bond acceptors (Lipinski definition) is 2. The van der Waals surface area contributed by atoms with Gasteiger partial charge in [0, 0.05) is 35.5 Å². The molecule has 0 spiro atoms. The van der Waals surface area contributed by atoms with Gasteiger partial charge in [0.25, 0.3) is 0 Å². The summed E-state index contributed by atoms with van der Waals surface area (Å²) in [5.41, 5.74) is 6.97. The molecule has 2 aromatic heterocycles. The third kappa shape index (κ3) is 4.14. The van der Waals surface area contributed by atoms with Crippen LogP contribution in [0.15, 0.2) is 121 Å². The van der Waals surface area contributed by atoms with Crippen LogP contribution in [0.3, 0.4) is 0 Å². The maximum atomic E-state index is 5.93. The molecule has 0 saturated heterocycles. The molecule has 0 saturated carbocycles. The van der Waals surface area contributed by atoms with Crippen molar-refractivity contribution in [3.63, 3.8) is 0 Å². The molecule has 0 fully saturated rings. The Hall–Kier alpha value is -4.24. The molecule has 32 heavy (non-hydrogen) atoms. The predicted molar refractivity (Wildman–Crippen MR) is 128 cm³/mol. The smallest absolute Gasteiger partial charge is 0.219 e. The molecule has 0 atom stereocenters. The number of aromatic nitrogens is 2. The van der Waals surface area contributed by atoms with Crippen molar-refractivity contribution in [1.29, 1.82) is 0 Å². The minimum atomic E-state index is 0.585. The van der Waals surface area contributed by atoms with Crippen molar-refractivity contribution in [3.8, 4) is 45.3 Å². The van der Waals surface area contributed by atoms with E-state index >= 15 is 0 Å². The molecule has 0 radical (unpaired) electrons. The molecule has 0 aliphatic heterocycles. The van der Waals surface area contributed by atoms with Crippen LogP contribution in [-0.2, 0) is 7.05 Å². The summed E-state index contributed by atoms with van der Waals surface area (Å²) < 4.78 is 8.15. The Kier molecular flexibility index (Phi) is 5.46. The fourth-order valence-corrected chi connectivity index (χ4v) is 3.87. The number of rotatable bonds is 5. The van der Waals surface area contributed by atoms with Crippen LogP contribution in [-0.4, -0.2) is 4.98 Å². The van der Waals surface area contributed by atoms with Crippen molar-refractivity contribution in [2.45, 2.75) is 0 Å². The molecule has 3 nitrogen and oxygen atoms in total. The van der Waals surface area contributed by atoms with E-state index in [-0.39, 0.29) is 0 Å². The van der Waals surface area contributed by atoms with Crippen LogP contribution in [0, 0.1) is 0 Å². The van der Waals surface area contributed by atoms with Gasteiger partial charge >= 0.3 is 0 Å². The Morgan fingerprint density at radius 2 is 1.19 bits per heavy atom. The molecule has 2 heterocycles. The summed E-state index contributed by atoms with van der Waals surface area (Å²) in [5.74, 6) is 1.35. The highest BCUT2D eigenvalue weighted by Crippen LogP contribution is 2.27. The van der Waals surface area contributed by atoms with Gasteiger partial charge in [0.1, 0.15) is 12.8 Å². The van der Waals surface area contributed by atoms with E-state index in [0.29, 0.717) is 5.88 Å². The first-order valence-corrected chi connectivity index (χ1v) is 10.6. The van der Waals surface area contributed by atoms with Crippen LogP contribution in [0.5, 0.6) is 11.6 Å². The molecular weight excluding hydrogens is 392 g/mol. The lowest BCUT2D eigenvalue weighted by molar-refractivity contribution is -0.649. The molecule has 0 aliphatic carbocycles. The first kappa shape index (κ1) is 19.7. The van der Waals surface area contributed by atoms with Crippen molar-refractivity contribution >= 4 is 0 Å². The van der Waals surface area contributed by atoms with Crippen LogP contribution in [0.25, 0.3) is 33.6 Å². The third-order valence-electron chi connectivity index (χ3n) is 5.51. The normalized spacial score (nSPS) is 10.7. The lowest BCUT2D eigenvalue weighted by atomic mass is 10.0. The minimum absolute atomic E-state index is 0.585. The Bertz CT molecular complexity index is 1330. The van der Waals surface area contributed by atoms with Gasteiger partial charge in [-0.05, 0) is 53.6 Å². The van der Waals surface area contributed by atoms with Crippen molar-refractivity contribution in [3.05, 3.63) is 121 Å². The zero-order valence-corrected chi connectivity index (χ0v) is 17.8. The van der Waals surface area contributed by atoms with E-state index in [1.807, 2.05) is 42.5 Å². The average molecular weight is 416 g/mol. The number of benzene rings is 3. The Morgan fingerprint density at radius 1 is 0.562 bits per heavy atom. The van der Waals surface area contributed by atoms with Gasteiger partial charge < -0.3 is 4.74 Å².